The second kappa shape index (κ2) is 10.4. The van der Waals surface area contributed by atoms with Crippen LogP contribution in [0.4, 0.5) is 11.4 Å². The highest BCUT2D eigenvalue weighted by atomic mass is 16.3. The summed E-state index contributed by atoms with van der Waals surface area (Å²) in [5.41, 5.74) is 6.68. The molecule has 0 heterocycles. The third-order valence-corrected chi connectivity index (χ3v) is 9.23. The second-order valence-corrected chi connectivity index (χ2v) is 13.2. The van der Waals surface area contributed by atoms with Crippen molar-refractivity contribution >= 4 is 46.4 Å². The van der Waals surface area contributed by atoms with Crippen molar-refractivity contribution in [2.75, 3.05) is 59.2 Å². The van der Waals surface area contributed by atoms with E-state index in [0.29, 0.717) is 11.3 Å². The molecule has 3 aliphatic carbocycles. The fourth-order valence-corrected chi connectivity index (χ4v) is 7.66. The maximum Gasteiger partial charge on any atom is 0.235 e. The number of amides is 1. The van der Waals surface area contributed by atoms with Crippen molar-refractivity contribution in [2.24, 2.45) is 39.1 Å². The van der Waals surface area contributed by atoms with Gasteiger partial charge in [0.2, 0.25) is 5.91 Å². The van der Waals surface area contributed by atoms with Crippen LogP contribution in [0.2, 0.25) is 0 Å². The molecule has 6 atom stereocenters. The number of hydrogen-bond acceptors (Lipinski definition) is 11. The molecule has 14 heteroatoms. The van der Waals surface area contributed by atoms with Crippen molar-refractivity contribution in [1.29, 1.82) is 0 Å². The lowest BCUT2D eigenvalue weighted by atomic mass is 9.42. The smallest absolute Gasteiger partial charge is 0.235 e. The van der Waals surface area contributed by atoms with Crippen LogP contribution in [0.1, 0.15) is 36.2 Å². The Balaban J connectivity index is 1.94. The number of anilines is 2. The topological polar surface area (TPSA) is 212 Å². The van der Waals surface area contributed by atoms with Crippen LogP contribution >= 0.6 is 0 Å². The molecule has 3 aliphatic rings. The molecule has 2 unspecified atom stereocenters. The number of primary amides is 1. The number of carbonyl (C=O) groups is 5. The number of aliphatic imine (C=N–C) groups is 1. The van der Waals surface area contributed by atoms with Crippen molar-refractivity contribution in [3.63, 3.8) is 0 Å². The van der Waals surface area contributed by atoms with Gasteiger partial charge in [0, 0.05) is 25.2 Å². The zero-order valence-electron chi connectivity index (χ0n) is 25.8. The summed E-state index contributed by atoms with van der Waals surface area (Å²) in [6, 6.07) is 0.392. The minimum absolute atomic E-state index is 0.0229. The molecule has 0 bridgehead atoms. The number of aromatic hydroxyl groups is 1. The normalized spacial score (nSPS) is 32.4. The van der Waals surface area contributed by atoms with Gasteiger partial charge >= 0.3 is 0 Å². The van der Waals surface area contributed by atoms with Crippen molar-refractivity contribution in [1.82, 2.24) is 9.80 Å². The van der Waals surface area contributed by atoms with E-state index in [1.165, 1.54) is 11.8 Å². The predicted molar refractivity (Wildman–Crippen MR) is 159 cm³/mol. The number of guanidine groups is 1. The van der Waals surface area contributed by atoms with E-state index in [-0.39, 0.29) is 36.7 Å². The Bertz CT molecular complexity index is 1470. The first-order valence-corrected chi connectivity index (χ1v) is 13.9. The van der Waals surface area contributed by atoms with Gasteiger partial charge in [-0.25, -0.2) is 4.99 Å². The number of benzene rings is 1. The molecule has 0 saturated heterocycles. The fraction of sp³-hybridized carbons (Fsp3) is 0.586. The molecular weight excluding hydrogens is 558 g/mol. The molecule has 0 aromatic heterocycles. The van der Waals surface area contributed by atoms with E-state index >= 15 is 0 Å². The molecule has 234 valence electrons. The van der Waals surface area contributed by atoms with E-state index in [0.717, 1.165) is 0 Å². The maximum atomic E-state index is 14.4. The molecule has 1 amide bonds. The number of nitrogens with one attached hydrogen (secondary N) is 1. The summed E-state index contributed by atoms with van der Waals surface area (Å²) in [6.07, 6.45) is 0.00511. The Morgan fingerprint density at radius 3 is 2.19 bits per heavy atom. The van der Waals surface area contributed by atoms with Crippen LogP contribution in [0.15, 0.2) is 11.1 Å². The minimum atomic E-state index is -2.87. The minimum Gasteiger partial charge on any atom is -0.505 e. The summed E-state index contributed by atoms with van der Waals surface area (Å²) in [4.78, 5) is 77.5. The second-order valence-electron chi connectivity index (χ2n) is 13.2. The van der Waals surface area contributed by atoms with Gasteiger partial charge in [0.15, 0.2) is 40.6 Å². The van der Waals surface area contributed by atoms with Gasteiger partial charge in [-0.2, -0.15) is 0 Å². The first-order chi connectivity index (χ1) is 19.7. The Labute approximate surface area is 250 Å². The molecule has 14 nitrogen and oxygen atoms in total. The van der Waals surface area contributed by atoms with E-state index < -0.39 is 69.1 Å². The monoisotopic (exact) mass is 599 g/mol. The van der Waals surface area contributed by atoms with Gasteiger partial charge in [0.1, 0.15) is 5.75 Å². The highest BCUT2D eigenvalue weighted by Crippen LogP contribution is 2.62. The number of phenols is 1. The average Bonchev–Trinajstić information content (AvgIpc) is 2.85. The quantitative estimate of drug-likeness (QED) is 0.115. The number of nitrogens with zero attached hydrogens (tertiary/aromatic N) is 4. The van der Waals surface area contributed by atoms with Crippen LogP contribution in [-0.4, -0.2) is 116 Å². The molecule has 1 aromatic carbocycles. The summed E-state index contributed by atoms with van der Waals surface area (Å²) in [7, 11) is 10.2. The highest BCUT2D eigenvalue weighted by molar-refractivity contribution is 6.33. The van der Waals surface area contributed by atoms with Gasteiger partial charge in [-0.3, -0.25) is 33.8 Å². The number of phenolic OH excluding ortho intramolecular Hbond substituents is 1. The standard InChI is InChI=1S/C29H41N7O7/c1-27-10-13-15(35(5)6)9-14(33-26(31)32-12-34(3)4)19(37)16(13)20(38)18(27)24(41)29(43)23(40)17(25(30)42)21(39)22(36(7)8)28(29,2)11-27/h9,17-18,22,37,43H,10-12H2,1-8H3,(H2,30,42)(H3,31,32,33)/t17?,18?,22-,27+,28+,29-/m1/s1. The summed E-state index contributed by atoms with van der Waals surface area (Å²) in [5, 5.41) is 26.3. The summed E-state index contributed by atoms with van der Waals surface area (Å²) < 4.78 is 0. The van der Waals surface area contributed by atoms with E-state index in [1.807, 2.05) is 0 Å². The number of fused-ring (bicyclic) bond motifs is 3. The maximum absolute atomic E-state index is 14.4. The molecule has 0 aliphatic heterocycles. The average molecular weight is 600 g/mol. The van der Waals surface area contributed by atoms with Crippen LogP contribution in [0, 0.1) is 22.7 Å². The number of ketones is 4. The van der Waals surface area contributed by atoms with E-state index in [9.17, 15) is 34.2 Å². The van der Waals surface area contributed by atoms with Crippen LogP contribution in [0.3, 0.4) is 0 Å². The summed E-state index contributed by atoms with van der Waals surface area (Å²) in [6.45, 7) is 3.43. The number of carbonyl (C=O) groups excluding carboxylic acids is 5. The molecule has 2 fully saturated rings. The Kier molecular flexibility index (Phi) is 7.74. The van der Waals surface area contributed by atoms with Crippen molar-refractivity contribution < 1.29 is 34.2 Å². The highest BCUT2D eigenvalue weighted by Gasteiger charge is 2.76. The van der Waals surface area contributed by atoms with E-state index in [2.05, 4.69) is 10.3 Å². The van der Waals surface area contributed by atoms with Crippen molar-refractivity contribution in [3.05, 3.63) is 17.2 Å². The molecule has 4 rings (SSSR count). The van der Waals surface area contributed by atoms with Crippen molar-refractivity contribution in [2.45, 2.75) is 38.3 Å². The van der Waals surface area contributed by atoms with Crippen LogP contribution in [0.5, 0.6) is 5.75 Å². The third kappa shape index (κ3) is 4.50. The lowest BCUT2D eigenvalue weighted by Gasteiger charge is -2.61. The molecule has 2 saturated carbocycles. The molecule has 7 N–H and O–H groups in total. The Morgan fingerprint density at radius 1 is 1.07 bits per heavy atom. The zero-order chi connectivity index (χ0) is 32.6. The van der Waals surface area contributed by atoms with Gasteiger partial charge in [0.05, 0.1) is 29.9 Å². The molecule has 1 aromatic rings. The van der Waals surface area contributed by atoms with Gasteiger partial charge < -0.3 is 31.9 Å². The lowest BCUT2D eigenvalue weighted by molar-refractivity contribution is -0.203. The van der Waals surface area contributed by atoms with Gasteiger partial charge in [-0.05, 0) is 58.1 Å². The Morgan fingerprint density at radius 2 is 1.67 bits per heavy atom. The number of rotatable bonds is 6. The van der Waals surface area contributed by atoms with Crippen LogP contribution in [0.25, 0.3) is 0 Å². The van der Waals surface area contributed by atoms with Crippen molar-refractivity contribution in [3.8, 4) is 5.75 Å². The van der Waals surface area contributed by atoms with Crippen LogP contribution in [-0.2, 0) is 25.6 Å². The summed E-state index contributed by atoms with van der Waals surface area (Å²) >= 11 is 0. The molecule has 43 heavy (non-hydrogen) atoms. The first-order valence-electron chi connectivity index (χ1n) is 13.9. The largest absolute Gasteiger partial charge is 0.505 e. The molecule has 0 spiro atoms. The number of likely N-dealkylation sites (N-methyl/N-ethyl adjacent to an activating group) is 1. The number of hydrogen-bond donors (Lipinski definition) is 5. The number of Topliss-reactive ketones (excluding diaryl/α,β-unsaturated/α-hetero) is 4. The number of aliphatic hydroxyl groups is 1. The van der Waals surface area contributed by atoms with Crippen LogP contribution < -0.4 is 21.7 Å². The lowest BCUT2D eigenvalue weighted by Crippen LogP contribution is -2.79. The van der Waals surface area contributed by atoms with Gasteiger partial charge in [-0.15, -0.1) is 0 Å². The number of nitrogens with two attached hydrogens (primary N) is 2. The Hall–Kier alpha value is -3.88. The third-order valence-electron chi connectivity index (χ3n) is 9.23. The molecular formula is C29H41N7O7. The van der Waals surface area contributed by atoms with E-state index in [1.54, 1.807) is 65.1 Å². The predicted octanol–water partition coefficient (Wildman–Crippen LogP) is -1.04. The molecule has 0 radical (unpaired) electrons. The van der Waals surface area contributed by atoms with Gasteiger partial charge in [-0.1, -0.05) is 13.8 Å². The SMILES string of the molecule is CN(C)CN=C(N)Nc1cc(N(C)C)c2c(c1O)C(=O)C1C(=O)[C@]3(O)C(=O)C(C(N)=O)C(=O)[C@@H](N(C)C)[C@]3(C)C[C@]1(C)C2. The fourth-order valence-electron chi connectivity index (χ4n) is 7.66. The van der Waals surface area contributed by atoms with Gasteiger partial charge in [0.25, 0.3) is 0 Å². The van der Waals surface area contributed by atoms with E-state index in [4.69, 9.17) is 11.5 Å². The zero-order valence-corrected chi connectivity index (χ0v) is 25.8. The first kappa shape index (κ1) is 32.0. The summed E-state index contributed by atoms with van der Waals surface area (Å²) in [5.74, 6) is -9.43.